The number of nitrogens with zero attached hydrogens (tertiary/aromatic N) is 1. The van der Waals surface area contributed by atoms with E-state index in [2.05, 4.69) is 25.9 Å². The Bertz CT molecular complexity index is 694. The number of amides is 3. The molecule has 11 heteroatoms. The van der Waals surface area contributed by atoms with Crippen LogP contribution in [-0.4, -0.2) is 63.9 Å². The van der Waals surface area contributed by atoms with Crippen molar-refractivity contribution < 1.29 is 24.3 Å². The van der Waals surface area contributed by atoms with E-state index in [1.54, 1.807) is 0 Å². The zero-order chi connectivity index (χ0) is 23.1. The lowest BCUT2D eigenvalue weighted by Crippen LogP contribution is -2.54. The summed E-state index contributed by atoms with van der Waals surface area (Å²) in [6.45, 7) is 2.20. The predicted molar refractivity (Wildman–Crippen MR) is 114 cm³/mol. The molecule has 0 bridgehead atoms. The van der Waals surface area contributed by atoms with Gasteiger partial charge in [-0.25, -0.2) is 9.78 Å². The zero-order valence-corrected chi connectivity index (χ0v) is 18.0. The molecule has 0 aliphatic carbocycles. The minimum absolute atomic E-state index is 0.0944. The van der Waals surface area contributed by atoms with E-state index in [4.69, 9.17) is 5.73 Å². The molecule has 11 nitrogen and oxygen atoms in total. The van der Waals surface area contributed by atoms with Crippen LogP contribution in [0.4, 0.5) is 0 Å². The van der Waals surface area contributed by atoms with E-state index in [0.717, 1.165) is 19.3 Å². The number of imidazole rings is 1. The van der Waals surface area contributed by atoms with E-state index < -0.39 is 29.9 Å². The van der Waals surface area contributed by atoms with E-state index in [1.807, 2.05) is 6.92 Å². The van der Waals surface area contributed by atoms with Crippen molar-refractivity contribution in [1.82, 2.24) is 25.9 Å². The highest BCUT2D eigenvalue weighted by Crippen LogP contribution is 2.04. The predicted octanol–water partition coefficient (Wildman–Crippen LogP) is -0.168. The van der Waals surface area contributed by atoms with Crippen molar-refractivity contribution in [3.05, 3.63) is 18.2 Å². The first-order valence-electron chi connectivity index (χ1n) is 10.6. The van der Waals surface area contributed by atoms with Gasteiger partial charge in [-0.05, 0) is 32.2 Å². The number of carboxylic acid groups (broad SMARTS) is 1. The summed E-state index contributed by atoms with van der Waals surface area (Å²) in [4.78, 5) is 55.0. The Kier molecular flexibility index (Phi) is 12.6. The molecule has 1 rings (SSSR count). The number of carbonyl (C=O) groups excluding carboxylic acids is 3. The summed E-state index contributed by atoms with van der Waals surface area (Å²) in [7, 11) is 0. The molecule has 31 heavy (non-hydrogen) atoms. The summed E-state index contributed by atoms with van der Waals surface area (Å²) in [6, 6.07) is -2.11. The molecule has 0 fully saturated rings. The molecule has 0 unspecified atom stereocenters. The first kappa shape index (κ1) is 26.1. The van der Waals surface area contributed by atoms with Crippen molar-refractivity contribution in [1.29, 1.82) is 0 Å². The van der Waals surface area contributed by atoms with Gasteiger partial charge in [0.1, 0.15) is 12.1 Å². The van der Waals surface area contributed by atoms with Crippen LogP contribution in [0.2, 0.25) is 0 Å². The van der Waals surface area contributed by atoms with E-state index in [0.29, 0.717) is 31.5 Å². The summed E-state index contributed by atoms with van der Waals surface area (Å²) < 4.78 is 0. The monoisotopic (exact) mass is 438 g/mol. The average Bonchev–Trinajstić information content (AvgIpc) is 3.24. The molecule has 0 saturated carbocycles. The van der Waals surface area contributed by atoms with Crippen molar-refractivity contribution in [2.75, 3.05) is 13.1 Å². The van der Waals surface area contributed by atoms with Crippen molar-refractivity contribution in [2.45, 2.75) is 70.4 Å². The Morgan fingerprint density at radius 1 is 1.10 bits per heavy atom. The number of rotatable bonds is 16. The number of aliphatic carboxylic acids is 1. The van der Waals surface area contributed by atoms with Gasteiger partial charge in [-0.2, -0.15) is 0 Å². The second-order valence-electron chi connectivity index (χ2n) is 7.32. The Labute approximate surface area is 181 Å². The molecule has 0 saturated heterocycles. The molecule has 0 aromatic carbocycles. The van der Waals surface area contributed by atoms with Crippen LogP contribution in [0.1, 0.15) is 57.6 Å². The molecule has 1 aromatic heterocycles. The Morgan fingerprint density at radius 3 is 2.48 bits per heavy atom. The molecule has 2 atom stereocenters. The van der Waals surface area contributed by atoms with Crippen molar-refractivity contribution in [3.8, 4) is 0 Å². The zero-order valence-electron chi connectivity index (χ0n) is 18.0. The highest BCUT2D eigenvalue weighted by molar-refractivity contribution is 5.92. The minimum atomic E-state index is -1.16. The van der Waals surface area contributed by atoms with Gasteiger partial charge in [0, 0.05) is 24.7 Å². The third kappa shape index (κ3) is 11.1. The van der Waals surface area contributed by atoms with Crippen LogP contribution in [0.3, 0.4) is 0 Å². The van der Waals surface area contributed by atoms with Gasteiger partial charge in [-0.1, -0.05) is 19.8 Å². The molecule has 0 radical (unpaired) electrons. The Balaban J connectivity index is 2.68. The Morgan fingerprint density at radius 2 is 1.87 bits per heavy atom. The molecule has 1 aromatic rings. The van der Waals surface area contributed by atoms with Crippen LogP contribution in [0, 0.1) is 0 Å². The highest BCUT2D eigenvalue weighted by atomic mass is 16.4. The molecular formula is C20H34N6O5. The maximum absolute atomic E-state index is 12.7. The highest BCUT2D eigenvalue weighted by Gasteiger charge is 2.27. The van der Waals surface area contributed by atoms with Gasteiger partial charge in [0.15, 0.2) is 0 Å². The molecule has 7 N–H and O–H groups in total. The van der Waals surface area contributed by atoms with Crippen LogP contribution in [0.15, 0.2) is 12.5 Å². The van der Waals surface area contributed by atoms with Gasteiger partial charge < -0.3 is 31.8 Å². The van der Waals surface area contributed by atoms with Crippen LogP contribution in [-0.2, 0) is 25.6 Å². The lowest BCUT2D eigenvalue weighted by atomic mass is 10.1. The summed E-state index contributed by atoms with van der Waals surface area (Å²) in [5.74, 6) is -2.56. The molecule has 1 heterocycles. The fourth-order valence-corrected chi connectivity index (χ4v) is 2.90. The summed E-state index contributed by atoms with van der Waals surface area (Å²) in [6.07, 6.45) is 7.48. The van der Waals surface area contributed by atoms with Gasteiger partial charge in [-0.3, -0.25) is 14.4 Å². The maximum atomic E-state index is 12.7. The number of aromatic nitrogens is 2. The smallest absolute Gasteiger partial charge is 0.326 e. The number of unbranched alkanes of at least 4 members (excludes halogenated alkanes) is 3. The lowest BCUT2D eigenvalue weighted by Gasteiger charge is -2.21. The van der Waals surface area contributed by atoms with Gasteiger partial charge in [-0.15, -0.1) is 0 Å². The number of hydrogen-bond acceptors (Lipinski definition) is 6. The standard InChI is InChI=1S/C20H34N6O5/c1-2-3-4-8-17(27)23-12-18(28)25-16(10-14-11-22-13-24-14)19(29)26-15(20(30)31)7-5-6-9-21/h11,13,15-16H,2-10,12,21H2,1H3,(H,22,24)(H,23,27)(H,25,28)(H,26,29)(H,30,31)/t15-,16-/m0/s1. The van der Waals surface area contributed by atoms with Gasteiger partial charge in [0.25, 0.3) is 0 Å². The largest absolute Gasteiger partial charge is 0.480 e. The fourth-order valence-electron chi connectivity index (χ4n) is 2.90. The fraction of sp³-hybridized carbons (Fsp3) is 0.650. The number of nitrogens with one attached hydrogen (secondary N) is 4. The number of nitrogens with two attached hydrogens (primary N) is 1. The van der Waals surface area contributed by atoms with E-state index in [9.17, 15) is 24.3 Å². The van der Waals surface area contributed by atoms with E-state index in [1.165, 1.54) is 12.5 Å². The first-order valence-corrected chi connectivity index (χ1v) is 10.6. The summed E-state index contributed by atoms with van der Waals surface area (Å²) in [5, 5.41) is 16.9. The normalized spacial score (nSPS) is 12.6. The number of carboxylic acids is 1. The third-order valence-electron chi connectivity index (χ3n) is 4.65. The number of hydrogen-bond donors (Lipinski definition) is 6. The topological polar surface area (TPSA) is 179 Å². The van der Waals surface area contributed by atoms with Crippen LogP contribution < -0.4 is 21.7 Å². The number of aromatic amines is 1. The second-order valence-corrected chi connectivity index (χ2v) is 7.32. The SMILES string of the molecule is CCCCCC(=O)NCC(=O)N[C@@H](Cc1cnc[nH]1)C(=O)N[C@@H](CCCCN)C(=O)O. The van der Waals surface area contributed by atoms with E-state index >= 15 is 0 Å². The molecule has 0 spiro atoms. The van der Waals surface area contributed by atoms with Gasteiger partial charge in [0.2, 0.25) is 17.7 Å². The van der Waals surface area contributed by atoms with Crippen molar-refractivity contribution in [2.24, 2.45) is 5.73 Å². The quantitative estimate of drug-likeness (QED) is 0.194. The van der Waals surface area contributed by atoms with Gasteiger partial charge in [0.05, 0.1) is 12.9 Å². The van der Waals surface area contributed by atoms with Crippen LogP contribution in [0.25, 0.3) is 0 Å². The lowest BCUT2D eigenvalue weighted by molar-refractivity contribution is -0.142. The van der Waals surface area contributed by atoms with Crippen LogP contribution in [0.5, 0.6) is 0 Å². The van der Waals surface area contributed by atoms with Crippen LogP contribution >= 0.6 is 0 Å². The van der Waals surface area contributed by atoms with E-state index in [-0.39, 0.29) is 25.3 Å². The summed E-state index contributed by atoms with van der Waals surface area (Å²) >= 11 is 0. The second kappa shape index (κ2) is 14.9. The van der Waals surface area contributed by atoms with Crippen molar-refractivity contribution >= 4 is 23.7 Å². The average molecular weight is 439 g/mol. The molecule has 0 aliphatic rings. The van der Waals surface area contributed by atoms with Crippen molar-refractivity contribution in [3.63, 3.8) is 0 Å². The molecule has 3 amide bonds. The molecular weight excluding hydrogens is 404 g/mol. The number of H-pyrrole nitrogens is 1. The third-order valence-corrected chi connectivity index (χ3v) is 4.65. The molecule has 0 aliphatic heterocycles. The minimum Gasteiger partial charge on any atom is -0.480 e. The Hall–Kier alpha value is -2.95. The summed E-state index contributed by atoms with van der Waals surface area (Å²) in [5.41, 5.74) is 6.03. The number of carbonyl (C=O) groups is 4. The molecule has 174 valence electrons. The maximum Gasteiger partial charge on any atom is 0.326 e. The van der Waals surface area contributed by atoms with Gasteiger partial charge >= 0.3 is 5.97 Å². The first-order chi connectivity index (χ1) is 14.9.